The van der Waals surface area contributed by atoms with Crippen LogP contribution in [0.25, 0.3) is 11.3 Å². The van der Waals surface area contributed by atoms with Crippen LogP contribution >= 0.6 is 0 Å². The molecule has 0 unspecified atom stereocenters. The first-order chi connectivity index (χ1) is 7.58. The minimum Gasteiger partial charge on any atom is -0.508 e. The molecule has 1 heterocycles. The van der Waals surface area contributed by atoms with Crippen LogP contribution in [0.2, 0.25) is 0 Å². The maximum Gasteiger partial charge on any atom is 0.289 e. The first-order valence-electron chi connectivity index (χ1n) is 4.71. The van der Waals surface area contributed by atoms with Crippen molar-refractivity contribution < 1.29 is 5.11 Å². The molecule has 0 saturated heterocycles. The second kappa shape index (κ2) is 3.69. The van der Waals surface area contributed by atoms with Gasteiger partial charge in [-0.2, -0.15) is 5.10 Å². The normalized spacial score (nSPS) is 10.3. The molecule has 16 heavy (non-hydrogen) atoms. The van der Waals surface area contributed by atoms with E-state index in [0.717, 1.165) is 0 Å². The van der Waals surface area contributed by atoms with Crippen molar-refractivity contribution in [1.82, 2.24) is 9.78 Å². The molecule has 0 aliphatic heterocycles. The fraction of sp³-hybridized carbons (Fsp3) is 0.0909. The number of nitrogens with two attached hydrogens (primary N) is 1. The molecule has 0 spiro atoms. The molecule has 0 radical (unpaired) electrons. The summed E-state index contributed by atoms with van der Waals surface area (Å²) in [6, 6.07) is 8.11. The second-order valence-corrected chi connectivity index (χ2v) is 3.46. The summed E-state index contributed by atoms with van der Waals surface area (Å²) in [6.45, 7) is 0. The molecule has 0 saturated carbocycles. The third-order valence-corrected chi connectivity index (χ3v) is 2.23. The number of phenols is 1. The Morgan fingerprint density at radius 3 is 2.75 bits per heavy atom. The lowest BCUT2D eigenvalue weighted by molar-refractivity contribution is 0.475. The zero-order valence-corrected chi connectivity index (χ0v) is 8.71. The predicted molar refractivity (Wildman–Crippen MR) is 61.0 cm³/mol. The Morgan fingerprint density at radius 2 is 2.12 bits per heavy atom. The van der Waals surface area contributed by atoms with Crippen LogP contribution < -0.4 is 11.3 Å². The molecule has 3 N–H and O–H groups in total. The number of hydrogen-bond acceptors (Lipinski definition) is 4. The van der Waals surface area contributed by atoms with E-state index in [2.05, 4.69) is 5.10 Å². The van der Waals surface area contributed by atoms with E-state index < -0.39 is 0 Å². The van der Waals surface area contributed by atoms with Gasteiger partial charge in [0.1, 0.15) is 11.4 Å². The summed E-state index contributed by atoms with van der Waals surface area (Å²) in [5.74, 6) is 0.145. The topological polar surface area (TPSA) is 81.1 Å². The lowest BCUT2D eigenvalue weighted by Crippen LogP contribution is -2.22. The van der Waals surface area contributed by atoms with E-state index in [1.807, 2.05) is 0 Å². The van der Waals surface area contributed by atoms with Gasteiger partial charge in [0, 0.05) is 12.6 Å². The van der Waals surface area contributed by atoms with Crippen LogP contribution in [0.15, 0.2) is 35.1 Å². The van der Waals surface area contributed by atoms with Crippen LogP contribution in [0.1, 0.15) is 0 Å². The fourth-order valence-corrected chi connectivity index (χ4v) is 1.44. The van der Waals surface area contributed by atoms with E-state index in [0.29, 0.717) is 11.3 Å². The molecule has 5 heteroatoms. The van der Waals surface area contributed by atoms with Gasteiger partial charge in [-0.05, 0) is 18.2 Å². The van der Waals surface area contributed by atoms with E-state index in [4.69, 9.17) is 5.73 Å². The molecule has 0 aliphatic rings. The second-order valence-electron chi connectivity index (χ2n) is 3.46. The smallest absolute Gasteiger partial charge is 0.289 e. The Morgan fingerprint density at radius 1 is 1.38 bits per heavy atom. The highest BCUT2D eigenvalue weighted by molar-refractivity contribution is 5.63. The van der Waals surface area contributed by atoms with Crippen LogP contribution in [-0.4, -0.2) is 14.9 Å². The third-order valence-electron chi connectivity index (χ3n) is 2.23. The molecule has 2 rings (SSSR count). The maximum absolute atomic E-state index is 11.3. The van der Waals surface area contributed by atoms with Crippen LogP contribution in [0.5, 0.6) is 5.75 Å². The Bertz CT molecular complexity index is 564. The van der Waals surface area contributed by atoms with Crippen molar-refractivity contribution in [1.29, 1.82) is 0 Å². The Hall–Kier alpha value is -2.30. The number of aryl methyl sites for hydroxylation is 1. The quantitative estimate of drug-likeness (QED) is 0.738. The summed E-state index contributed by atoms with van der Waals surface area (Å²) >= 11 is 0. The average Bonchev–Trinajstić information content (AvgIpc) is 2.25. The van der Waals surface area contributed by atoms with Crippen molar-refractivity contribution in [2.45, 2.75) is 0 Å². The molecule has 0 atom stereocenters. The minimum atomic E-state index is -0.330. The van der Waals surface area contributed by atoms with Gasteiger partial charge in [-0.1, -0.05) is 12.1 Å². The molecule has 5 nitrogen and oxygen atoms in total. The molecule has 2 aromatic rings. The molecule has 0 amide bonds. The van der Waals surface area contributed by atoms with Gasteiger partial charge in [-0.3, -0.25) is 4.79 Å². The number of aromatic nitrogens is 2. The summed E-state index contributed by atoms with van der Waals surface area (Å²) in [4.78, 5) is 11.3. The SMILES string of the molecule is Cn1nc(-c2cccc(O)c2)cc(N)c1=O. The van der Waals surface area contributed by atoms with Crippen molar-refractivity contribution in [3.8, 4) is 17.0 Å². The summed E-state index contributed by atoms with van der Waals surface area (Å²) in [5.41, 5.74) is 6.63. The van der Waals surface area contributed by atoms with E-state index in [-0.39, 0.29) is 17.0 Å². The van der Waals surface area contributed by atoms with Crippen molar-refractivity contribution >= 4 is 5.69 Å². The van der Waals surface area contributed by atoms with Gasteiger partial charge in [-0.25, -0.2) is 4.68 Å². The Kier molecular flexibility index (Phi) is 2.36. The molecule has 0 fully saturated rings. The van der Waals surface area contributed by atoms with Gasteiger partial charge < -0.3 is 10.8 Å². The van der Waals surface area contributed by atoms with E-state index in [1.165, 1.54) is 17.8 Å². The minimum absolute atomic E-state index is 0.135. The highest BCUT2D eigenvalue weighted by Crippen LogP contribution is 2.21. The molecular weight excluding hydrogens is 206 g/mol. The lowest BCUT2D eigenvalue weighted by Gasteiger charge is -2.04. The van der Waals surface area contributed by atoms with E-state index in [9.17, 15) is 9.90 Å². The number of anilines is 1. The molecule has 0 aliphatic carbocycles. The van der Waals surface area contributed by atoms with Gasteiger partial charge >= 0.3 is 0 Å². The maximum atomic E-state index is 11.3. The molecule has 82 valence electrons. The van der Waals surface area contributed by atoms with E-state index >= 15 is 0 Å². The number of aromatic hydroxyl groups is 1. The molecule has 1 aromatic heterocycles. The number of phenolic OH excluding ortho intramolecular Hbond substituents is 1. The van der Waals surface area contributed by atoms with Crippen LogP contribution in [0.3, 0.4) is 0 Å². The predicted octanol–water partition coefficient (Wildman–Crippen LogP) is 0.735. The van der Waals surface area contributed by atoms with Crippen LogP contribution in [0, 0.1) is 0 Å². The van der Waals surface area contributed by atoms with Gasteiger partial charge in [0.15, 0.2) is 0 Å². The number of hydrogen-bond donors (Lipinski definition) is 2. The number of rotatable bonds is 1. The monoisotopic (exact) mass is 217 g/mol. The number of nitrogen functional groups attached to an aromatic ring is 1. The highest BCUT2D eigenvalue weighted by Gasteiger charge is 2.05. The summed E-state index contributed by atoms with van der Waals surface area (Å²) in [5, 5.41) is 13.4. The largest absolute Gasteiger partial charge is 0.508 e. The zero-order chi connectivity index (χ0) is 11.7. The Balaban J connectivity index is 2.61. The van der Waals surface area contributed by atoms with Crippen molar-refractivity contribution in [2.75, 3.05) is 5.73 Å². The summed E-state index contributed by atoms with van der Waals surface area (Å²) < 4.78 is 1.18. The highest BCUT2D eigenvalue weighted by atomic mass is 16.3. The van der Waals surface area contributed by atoms with Crippen LogP contribution in [0.4, 0.5) is 5.69 Å². The van der Waals surface area contributed by atoms with Gasteiger partial charge in [0.2, 0.25) is 0 Å². The molecule has 0 bridgehead atoms. The van der Waals surface area contributed by atoms with Crippen molar-refractivity contribution in [3.05, 3.63) is 40.7 Å². The first kappa shape index (κ1) is 10.2. The molecular formula is C11H11N3O2. The van der Waals surface area contributed by atoms with Gasteiger partial charge in [0.05, 0.1) is 5.69 Å². The zero-order valence-electron chi connectivity index (χ0n) is 8.71. The summed E-state index contributed by atoms with van der Waals surface area (Å²) in [7, 11) is 1.53. The molecule has 1 aromatic carbocycles. The average molecular weight is 217 g/mol. The van der Waals surface area contributed by atoms with E-state index in [1.54, 1.807) is 24.3 Å². The standard InChI is InChI=1S/C11H11N3O2/c1-14-11(16)9(12)6-10(13-14)7-3-2-4-8(15)5-7/h2-6,15H,12H2,1H3. The van der Waals surface area contributed by atoms with Crippen molar-refractivity contribution in [2.24, 2.45) is 7.05 Å². The van der Waals surface area contributed by atoms with Gasteiger partial charge in [-0.15, -0.1) is 0 Å². The number of benzene rings is 1. The first-order valence-corrected chi connectivity index (χ1v) is 4.71. The Labute approximate surface area is 91.8 Å². The van der Waals surface area contributed by atoms with Crippen molar-refractivity contribution in [3.63, 3.8) is 0 Å². The lowest BCUT2D eigenvalue weighted by atomic mass is 10.1. The third kappa shape index (κ3) is 1.75. The fourth-order valence-electron chi connectivity index (χ4n) is 1.44. The van der Waals surface area contributed by atoms with Gasteiger partial charge in [0.25, 0.3) is 5.56 Å². The number of nitrogens with zero attached hydrogens (tertiary/aromatic N) is 2. The van der Waals surface area contributed by atoms with Crippen LogP contribution in [-0.2, 0) is 7.05 Å². The summed E-state index contributed by atoms with van der Waals surface area (Å²) in [6.07, 6.45) is 0.